The summed E-state index contributed by atoms with van der Waals surface area (Å²) < 4.78 is 12.8. The number of halogens is 1. The monoisotopic (exact) mass is 160 g/mol. The zero-order valence-electron chi connectivity index (χ0n) is 6.65. The second kappa shape index (κ2) is 4.56. The Bertz CT molecular complexity index is 147. The standard InChI is InChI=1S/C8H13FS/c1-5-7(6(2)3)8(9)10-4/h5-6H,1H2,2-4H3/b8-7+. The molecule has 0 heterocycles. The minimum atomic E-state index is -0.120. The van der Waals surface area contributed by atoms with Gasteiger partial charge >= 0.3 is 0 Å². The second-order valence-corrected chi connectivity index (χ2v) is 3.06. The van der Waals surface area contributed by atoms with Gasteiger partial charge in [0.25, 0.3) is 0 Å². The van der Waals surface area contributed by atoms with Crippen molar-refractivity contribution < 1.29 is 4.39 Å². The number of thioether (sulfide) groups is 1. The summed E-state index contributed by atoms with van der Waals surface area (Å²) in [6.45, 7) is 7.44. The van der Waals surface area contributed by atoms with Crippen LogP contribution in [-0.2, 0) is 0 Å². The topological polar surface area (TPSA) is 0 Å². The summed E-state index contributed by atoms with van der Waals surface area (Å²) in [5.41, 5.74) is 0.701. The molecule has 0 fully saturated rings. The summed E-state index contributed by atoms with van der Waals surface area (Å²) in [5, 5.41) is -0.120. The maximum Gasteiger partial charge on any atom is 0.159 e. The van der Waals surface area contributed by atoms with Crippen LogP contribution in [0.4, 0.5) is 4.39 Å². The van der Waals surface area contributed by atoms with Crippen LogP contribution in [0.5, 0.6) is 0 Å². The first-order valence-corrected chi connectivity index (χ1v) is 4.42. The average Bonchev–Trinajstić information content (AvgIpc) is 1.88. The molecule has 0 aliphatic rings. The molecular formula is C8H13FS. The van der Waals surface area contributed by atoms with Gasteiger partial charge in [0.15, 0.2) is 5.16 Å². The van der Waals surface area contributed by atoms with Crippen molar-refractivity contribution in [3.63, 3.8) is 0 Å². The molecule has 0 unspecified atom stereocenters. The van der Waals surface area contributed by atoms with E-state index in [0.29, 0.717) is 5.57 Å². The van der Waals surface area contributed by atoms with Gasteiger partial charge in [-0.05, 0) is 17.7 Å². The SMILES string of the molecule is C=C/C(=C(/F)SC)C(C)C. The Kier molecular flexibility index (Phi) is 4.45. The zero-order chi connectivity index (χ0) is 8.15. The van der Waals surface area contributed by atoms with Crippen LogP contribution in [0.1, 0.15) is 13.8 Å². The second-order valence-electron chi connectivity index (χ2n) is 2.29. The Morgan fingerprint density at radius 1 is 1.60 bits per heavy atom. The van der Waals surface area contributed by atoms with Crippen LogP contribution in [0, 0.1) is 5.92 Å². The normalized spacial score (nSPS) is 13.3. The van der Waals surface area contributed by atoms with Gasteiger partial charge in [-0.1, -0.05) is 38.3 Å². The van der Waals surface area contributed by atoms with Crippen molar-refractivity contribution in [1.82, 2.24) is 0 Å². The first kappa shape index (κ1) is 9.76. The van der Waals surface area contributed by atoms with E-state index in [-0.39, 0.29) is 11.1 Å². The molecule has 0 aromatic rings. The van der Waals surface area contributed by atoms with Crippen LogP contribution >= 0.6 is 11.8 Å². The number of hydrogen-bond donors (Lipinski definition) is 0. The molecule has 0 aliphatic carbocycles. The molecule has 0 aromatic carbocycles. The first-order chi connectivity index (χ1) is 4.63. The lowest BCUT2D eigenvalue weighted by Gasteiger charge is -2.05. The molecule has 0 bridgehead atoms. The summed E-state index contributed by atoms with van der Waals surface area (Å²) in [6, 6.07) is 0. The van der Waals surface area contributed by atoms with Crippen LogP contribution in [0.15, 0.2) is 23.4 Å². The highest BCUT2D eigenvalue weighted by molar-refractivity contribution is 8.02. The van der Waals surface area contributed by atoms with Gasteiger partial charge in [-0.2, -0.15) is 4.39 Å². The van der Waals surface area contributed by atoms with Gasteiger partial charge in [0, 0.05) is 0 Å². The van der Waals surface area contributed by atoms with E-state index in [9.17, 15) is 4.39 Å². The van der Waals surface area contributed by atoms with Crippen molar-refractivity contribution >= 4 is 11.8 Å². The van der Waals surface area contributed by atoms with Gasteiger partial charge in [-0.3, -0.25) is 0 Å². The predicted molar refractivity (Wildman–Crippen MR) is 46.7 cm³/mol. The zero-order valence-corrected chi connectivity index (χ0v) is 7.46. The lowest BCUT2D eigenvalue weighted by atomic mass is 10.1. The molecule has 0 nitrogen and oxygen atoms in total. The number of hydrogen-bond acceptors (Lipinski definition) is 1. The van der Waals surface area contributed by atoms with E-state index in [1.54, 1.807) is 12.3 Å². The molecule has 10 heavy (non-hydrogen) atoms. The molecule has 0 N–H and O–H groups in total. The van der Waals surface area contributed by atoms with E-state index >= 15 is 0 Å². The molecule has 0 radical (unpaired) electrons. The lowest BCUT2D eigenvalue weighted by molar-refractivity contribution is 0.658. The maximum absolute atomic E-state index is 12.8. The van der Waals surface area contributed by atoms with Gasteiger partial charge in [-0.15, -0.1) is 0 Å². The fraction of sp³-hybridized carbons (Fsp3) is 0.500. The van der Waals surface area contributed by atoms with E-state index < -0.39 is 0 Å². The third-order valence-corrected chi connectivity index (χ3v) is 1.84. The fourth-order valence-corrected chi connectivity index (χ4v) is 1.22. The van der Waals surface area contributed by atoms with E-state index in [1.807, 2.05) is 13.8 Å². The van der Waals surface area contributed by atoms with Crippen molar-refractivity contribution in [2.75, 3.05) is 6.26 Å². The van der Waals surface area contributed by atoms with Crippen molar-refractivity contribution in [2.45, 2.75) is 13.8 Å². The predicted octanol–water partition coefficient (Wildman–Crippen LogP) is 3.37. The third-order valence-electron chi connectivity index (χ3n) is 1.25. The van der Waals surface area contributed by atoms with Gasteiger partial charge in [0.2, 0.25) is 0 Å². The van der Waals surface area contributed by atoms with Crippen LogP contribution in [-0.4, -0.2) is 6.26 Å². The largest absolute Gasteiger partial charge is 0.199 e. The molecule has 2 heteroatoms. The van der Waals surface area contributed by atoms with E-state index in [2.05, 4.69) is 6.58 Å². The Balaban J connectivity index is 4.45. The first-order valence-electron chi connectivity index (χ1n) is 3.19. The Hall–Kier alpha value is -0.240. The molecule has 0 atom stereocenters. The summed E-state index contributed by atoms with van der Waals surface area (Å²) in [6.07, 6.45) is 3.30. The van der Waals surface area contributed by atoms with Crippen LogP contribution in [0.3, 0.4) is 0 Å². The molecule has 0 aromatic heterocycles. The summed E-state index contributed by atoms with van der Waals surface area (Å²) >= 11 is 1.13. The molecule has 0 saturated heterocycles. The van der Waals surface area contributed by atoms with E-state index in [4.69, 9.17) is 0 Å². The smallest absolute Gasteiger partial charge is 0.159 e. The summed E-state index contributed by atoms with van der Waals surface area (Å²) in [7, 11) is 0. The number of rotatable bonds is 3. The minimum Gasteiger partial charge on any atom is -0.199 e. The highest BCUT2D eigenvalue weighted by atomic mass is 32.2. The van der Waals surface area contributed by atoms with Gasteiger partial charge < -0.3 is 0 Å². The van der Waals surface area contributed by atoms with Crippen molar-refractivity contribution in [3.05, 3.63) is 23.4 Å². The van der Waals surface area contributed by atoms with Crippen molar-refractivity contribution in [1.29, 1.82) is 0 Å². The van der Waals surface area contributed by atoms with Crippen LogP contribution in [0.2, 0.25) is 0 Å². The van der Waals surface area contributed by atoms with E-state index in [0.717, 1.165) is 11.8 Å². The molecule has 0 aliphatic heterocycles. The van der Waals surface area contributed by atoms with Crippen LogP contribution < -0.4 is 0 Å². The summed E-state index contributed by atoms with van der Waals surface area (Å²) in [4.78, 5) is 0. The fourth-order valence-electron chi connectivity index (χ4n) is 0.661. The highest BCUT2D eigenvalue weighted by Gasteiger charge is 2.04. The Morgan fingerprint density at radius 3 is 2.20 bits per heavy atom. The summed E-state index contributed by atoms with van der Waals surface area (Å²) in [5.74, 6) is 0.227. The Labute approximate surface area is 66.2 Å². The van der Waals surface area contributed by atoms with Crippen molar-refractivity contribution in [2.24, 2.45) is 5.92 Å². The van der Waals surface area contributed by atoms with Gasteiger partial charge in [-0.25, -0.2) is 0 Å². The average molecular weight is 160 g/mol. The molecular weight excluding hydrogens is 147 g/mol. The lowest BCUT2D eigenvalue weighted by Crippen LogP contribution is -1.91. The van der Waals surface area contributed by atoms with Gasteiger partial charge in [0.05, 0.1) is 0 Å². The van der Waals surface area contributed by atoms with Gasteiger partial charge in [0.1, 0.15) is 0 Å². The number of allylic oxidation sites excluding steroid dienone is 2. The third kappa shape index (κ3) is 2.56. The molecule has 58 valence electrons. The molecule has 0 spiro atoms. The highest BCUT2D eigenvalue weighted by Crippen LogP contribution is 2.24. The van der Waals surface area contributed by atoms with Crippen LogP contribution in [0.25, 0.3) is 0 Å². The molecule has 0 saturated carbocycles. The quantitative estimate of drug-likeness (QED) is 0.570. The van der Waals surface area contributed by atoms with E-state index in [1.165, 1.54) is 0 Å². The maximum atomic E-state index is 12.8. The Morgan fingerprint density at radius 2 is 2.10 bits per heavy atom. The molecule has 0 rings (SSSR count). The molecule has 0 amide bonds. The minimum absolute atomic E-state index is 0.120. The van der Waals surface area contributed by atoms with Crippen molar-refractivity contribution in [3.8, 4) is 0 Å².